The lowest BCUT2D eigenvalue weighted by Gasteiger charge is -2.19. The summed E-state index contributed by atoms with van der Waals surface area (Å²) in [5, 5.41) is 0. The highest BCUT2D eigenvalue weighted by atomic mass is 16.1. The Labute approximate surface area is 96.9 Å². The molecule has 1 aromatic rings. The fraction of sp³-hybridized carbons (Fsp3) is 0.769. The van der Waals surface area contributed by atoms with Crippen molar-refractivity contribution in [3.05, 3.63) is 22.4 Å². The first kappa shape index (κ1) is 11.5. The molecular formula is C13H22N2O. The van der Waals surface area contributed by atoms with Gasteiger partial charge in [-0.1, -0.05) is 32.6 Å². The second kappa shape index (κ2) is 5.37. The number of hydrogen-bond donors (Lipinski definition) is 1. The van der Waals surface area contributed by atoms with Crippen molar-refractivity contribution in [2.75, 3.05) is 0 Å². The van der Waals surface area contributed by atoms with E-state index >= 15 is 0 Å². The predicted molar refractivity (Wildman–Crippen MR) is 65.8 cm³/mol. The Kier molecular flexibility index (Phi) is 3.86. The van der Waals surface area contributed by atoms with Crippen molar-refractivity contribution in [2.45, 2.75) is 64.3 Å². The molecule has 0 atom stereocenters. The van der Waals surface area contributed by atoms with Crippen LogP contribution in [-0.2, 0) is 6.54 Å². The van der Waals surface area contributed by atoms with E-state index in [2.05, 4.69) is 11.9 Å². The van der Waals surface area contributed by atoms with Gasteiger partial charge in [0.1, 0.15) is 0 Å². The minimum absolute atomic E-state index is 0.0778. The van der Waals surface area contributed by atoms with Gasteiger partial charge in [-0.25, -0.2) is 4.79 Å². The van der Waals surface area contributed by atoms with Crippen molar-refractivity contribution in [2.24, 2.45) is 0 Å². The number of hydrogen-bond acceptors (Lipinski definition) is 1. The molecule has 0 aliphatic heterocycles. The Bertz CT molecular complexity index is 372. The molecule has 1 aliphatic rings. The number of nitrogens with zero attached hydrogens (tertiary/aromatic N) is 1. The fourth-order valence-electron chi connectivity index (χ4n) is 2.57. The fourth-order valence-corrected chi connectivity index (χ4v) is 2.57. The van der Waals surface area contributed by atoms with Crippen LogP contribution in [0.3, 0.4) is 0 Å². The minimum atomic E-state index is 0.0778. The van der Waals surface area contributed by atoms with Gasteiger partial charge in [0.05, 0.1) is 0 Å². The average molecular weight is 222 g/mol. The lowest BCUT2D eigenvalue weighted by molar-refractivity contribution is 0.437. The summed E-state index contributed by atoms with van der Waals surface area (Å²) in [6.07, 6.45) is 10.7. The van der Waals surface area contributed by atoms with Crippen molar-refractivity contribution in [3.63, 3.8) is 0 Å². The maximum Gasteiger partial charge on any atom is 0.325 e. The van der Waals surface area contributed by atoms with E-state index in [4.69, 9.17) is 0 Å². The molecule has 0 aromatic carbocycles. The maximum atomic E-state index is 11.7. The monoisotopic (exact) mass is 222 g/mol. The van der Waals surface area contributed by atoms with E-state index in [-0.39, 0.29) is 5.69 Å². The number of nitrogens with one attached hydrogen (secondary N) is 1. The van der Waals surface area contributed by atoms with E-state index in [1.807, 2.05) is 10.8 Å². The van der Waals surface area contributed by atoms with Gasteiger partial charge >= 0.3 is 5.69 Å². The third kappa shape index (κ3) is 2.57. The standard InChI is InChI=1S/C13H22N2O/c1-2-3-9-15-10-12(14-13(15)16)11-7-5-4-6-8-11/h10-11H,2-9H2,1H3,(H,14,16). The number of unbranched alkanes of at least 4 members (excludes halogenated alkanes) is 1. The van der Waals surface area contributed by atoms with Crippen LogP contribution in [0, 0.1) is 0 Å². The predicted octanol–water partition coefficient (Wildman–Crippen LogP) is 3.02. The first-order valence-electron chi connectivity index (χ1n) is 6.60. The molecule has 1 fully saturated rings. The molecule has 1 aromatic heterocycles. The number of rotatable bonds is 4. The highest BCUT2D eigenvalue weighted by Crippen LogP contribution is 2.30. The average Bonchev–Trinajstić information content (AvgIpc) is 2.69. The van der Waals surface area contributed by atoms with E-state index in [1.54, 1.807) is 0 Å². The first-order valence-corrected chi connectivity index (χ1v) is 6.60. The molecule has 16 heavy (non-hydrogen) atoms. The molecule has 3 heteroatoms. The van der Waals surface area contributed by atoms with E-state index < -0.39 is 0 Å². The topological polar surface area (TPSA) is 37.8 Å². The van der Waals surface area contributed by atoms with Gasteiger partial charge < -0.3 is 4.98 Å². The Morgan fingerprint density at radius 2 is 2.12 bits per heavy atom. The Balaban J connectivity index is 2.07. The van der Waals surface area contributed by atoms with Gasteiger partial charge in [-0.15, -0.1) is 0 Å². The number of H-pyrrole nitrogens is 1. The summed E-state index contributed by atoms with van der Waals surface area (Å²) in [6.45, 7) is 3.01. The molecule has 0 radical (unpaired) electrons. The van der Waals surface area contributed by atoms with Crippen LogP contribution < -0.4 is 5.69 Å². The third-order valence-corrected chi connectivity index (χ3v) is 3.60. The van der Waals surface area contributed by atoms with E-state index in [1.165, 1.54) is 37.8 Å². The summed E-state index contributed by atoms with van der Waals surface area (Å²) in [7, 11) is 0. The number of aromatic nitrogens is 2. The second-order valence-electron chi connectivity index (χ2n) is 4.90. The molecule has 0 spiro atoms. The molecule has 2 rings (SSSR count). The van der Waals surface area contributed by atoms with Crippen LogP contribution in [-0.4, -0.2) is 9.55 Å². The van der Waals surface area contributed by atoms with Crippen molar-refractivity contribution >= 4 is 0 Å². The van der Waals surface area contributed by atoms with Gasteiger partial charge in [0, 0.05) is 24.4 Å². The molecule has 0 bridgehead atoms. The SMILES string of the molecule is CCCCn1cc(C2CCCCC2)[nH]c1=O. The van der Waals surface area contributed by atoms with Gasteiger partial charge in [0.2, 0.25) is 0 Å². The van der Waals surface area contributed by atoms with Crippen LogP contribution in [0.4, 0.5) is 0 Å². The van der Waals surface area contributed by atoms with Gasteiger partial charge in [0.25, 0.3) is 0 Å². The van der Waals surface area contributed by atoms with Crippen LogP contribution in [0.5, 0.6) is 0 Å². The third-order valence-electron chi connectivity index (χ3n) is 3.60. The highest BCUT2D eigenvalue weighted by molar-refractivity contribution is 5.05. The normalized spacial score (nSPS) is 17.8. The van der Waals surface area contributed by atoms with E-state index in [0.29, 0.717) is 5.92 Å². The number of aryl methyl sites for hydroxylation is 1. The van der Waals surface area contributed by atoms with Crippen molar-refractivity contribution in [1.82, 2.24) is 9.55 Å². The summed E-state index contributed by atoms with van der Waals surface area (Å²) in [5.41, 5.74) is 1.25. The van der Waals surface area contributed by atoms with Crippen LogP contribution in [0.1, 0.15) is 63.5 Å². The maximum absolute atomic E-state index is 11.7. The summed E-state index contributed by atoms with van der Waals surface area (Å²) in [5.74, 6) is 0.601. The molecule has 1 heterocycles. The zero-order chi connectivity index (χ0) is 11.4. The van der Waals surface area contributed by atoms with Crippen molar-refractivity contribution < 1.29 is 0 Å². The van der Waals surface area contributed by atoms with Crippen molar-refractivity contribution in [3.8, 4) is 0 Å². The lowest BCUT2D eigenvalue weighted by Crippen LogP contribution is -2.16. The molecule has 0 amide bonds. The molecule has 1 aliphatic carbocycles. The van der Waals surface area contributed by atoms with E-state index in [9.17, 15) is 4.79 Å². The van der Waals surface area contributed by atoms with Crippen LogP contribution in [0.2, 0.25) is 0 Å². The Morgan fingerprint density at radius 3 is 2.81 bits per heavy atom. The molecule has 90 valence electrons. The smallest absolute Gasteiger partial charge is 0.310 e. The highest BCUT2D eigenvalue weighted by Gasteiger charge is 2.17. The van der Waals surface area contributed by atoms with Gasteiger partial charge in [-0.3, -0.25) is 4.57 Å². The summed E-state index contributed by atoms with van der Waals surface area (Å²) < 4.78 is 1.84. The van der Waals surface area contributed by atoms with Gasteiger partial charge in [-0.05, 0) is 19.3 Å². The van der Waals surface area contributed by atoms with E-state index in [0.717, 1.165) is 19.4 Å². The molecule has 1 saturated carbocycles. The van der Waals surface area contributed by atoms with Gasteiger partial charge in [0.15, 0.2) is 0 Å². The van der Waals surface area contributed by atoms with Crippen LogP contribution >= 0.6 is 0 Å². The van der Waals surface area contributed by atoms with Crippen LogP contribution in [0.25, 0.3) is 0 Å². The lowest BCUT2D eigenvalue weighted by atomic mass is 9.87. The molecular weight excluding hydrogens is 200 g/mol. The Morgan fingerprint density at radius 1 is 1.38 bits per heavy atom. The molecule has 0 saturated heterocycles. The number of aromatic amines is 1. The first-order chi connectivity index (χ1) is 7.81. The quantitative estimate of drug-likeness (QED) is 0.835. The summed E-state index contributed by atoms with van der Waals surface area (Å²) >= 11 is 0. The zero-order valence-corrected chi connectivity index (χ0v) is 10.2. The zero-order valence-electron chi connectivity index (χ0n) is 10.2. The molecule has 1 N–H and O–H groups in total. The Hall–Kier alpha value is -0.990. The van der Waals surface area contributed by atoms with Gasteiger partial charge in [-0.2, -0.15) is 0 Å². The molecule has 0 unspecified atom stereocenters. The summed E-state index contributed by atoms with van der Waals surface area (Å²) in [6, 6.07) is 0. The van der Waals surface area contributed by atoms with Crippen LogP contribution in [0.15, 0.2) is 11.0 Å². The largest absolute Gasteiger partial charge is 0.325 e. The number of imidazole rings is 1. The van der Waals surface area contributed by atoms with Crippen molar-refractivity contribution in [1.29, 1.82) is 0 Å². The molecule has 3 nitrogen and oxygen atoms in total. The second-order valence-corrected chi connectivity index (χ2v) is 4.90. The summed E-state index contributed by atoms with van der Waals surface area (Å²) in [4.78, 5) is 14.7. The minimum Gasteiger partial charge on any atom is -0.310 e.